The van der Waals surface area contributed by atoms with Gasteiger partial charge in [-0.15, -0.1) is 0 Å². The van der Waals surface area contributed by atoms with Crippen molar-refractivity contribution in [2.75, 3.05) is 6.54 Å². The van der Waals surface area contributed by atoms with Crippen LogP contribution in [0.5, 0.6) is 0 Å². The number of rotatable bonds is 1. The van der Waals surface area contributed by atoms with E-state index in [-0.39, 0.29) is 17.1 Å². The Morgan fingerprint density at radius 2 is 2.11 bits per heavy atom. The van der Waals surface area contributed by atoms with Crippen LogP contribution < -0.4 is 10.9 Å². The molecule has 2 heterocycles. The molecule has 0 saturated heterocycles. The number of carbonyl (C=O) groups is 1. The second-order valence-electron chi connectivity index (χ2n) is 4.27. The van der Waals surface area contributed by atoms with Crippen LogP contribution in [0.1, 0.15) is 15.9 Å². The van der Waals surface area contributed by atoms with Gasteiger partial charge in [-0.05, 0) is 24.1 Å². The zero-order valence-corrected chi connectivity index (χ0v) is 9.33. The fourth-order valence-corrected chi connectivity index (χ4v) is 2.44. The number of benzene rings is 1. The van der Waals surface area contributed by atoms with Gasteiger partial charge in [-0.1, -0.05) is 0 Å². The Balaban J connectivity index is 2.41. The Kier molecular flexibility index (Phi) is 2.39. The minimum absolute atomic E-state index is 0.216. The highest BCUT2D eigenvalue weighted by Crippen LogP contribution is 2.25. The molecular formula is C11H10BFN2O3. The van der Waals surface area contributed by atoms with E-state index in [1.54, 1.807) is 0 Å². The summed E-state index contributed by atoms with van der Waals surface area (Å²) in [6.07, 6.45) is 0.470. The number of aromatic amines is 1. The van der Waals surface area contributed by atoms with Crippen LogP contribution in [0.2, 0.25) is 0 Å². The van der Waals surface area contributed by atoms with E-state index >= 15 is 0 Å². The molecule has 1 aromatic heterocycles. The summed E-state index contributed by atoms with van der Waals surface area (Å²) in [4.78, 5) is 14.6. The number of halogens is 1. The zero-order chi connectivity index (χ0) is 12.9. The lowest BCUT2D eigenvalue weighted by molar-refractivity contribution is 0.0957. The molecule has 1 aliphatic rings. The molecule has 2 aromatic rings. The van der Waals surface area contributed by atoms with Crippen molar-refractivity contribution in [3.63, 3.8) is 0 Å². The summed E-state index contributed by atoms with van der Waals surface area (Å²) < 4.78 is 13.4. The monoisotopic (exact) mass is 248 g/mol. The molecule has 0 bridgehead atoms. The Morgan fingerprint density at radius 1 is 1.33 bits per heavy atom. The molecule has 18 heavy (non-hydrogen) atoms. The van der Waals surface area contributed by atoms with Crippen molar-refractivity contribution in [1.29, 1.82) is 0 Å². The largest absolute Gasteiger partial charge is 0.506 e. The number of hydrogen-bond donors (Lipinski definition) is 4. The average Bonchev–Trinajstić information content (AvgIpc) is 2.58. The van der Waals surface area contributed by atoms with Gasteiger partial charge in [0.2, 0.25) is 0 Å². The van der Waals surface area contributed by atoms with Gasteiger partial charge in [0.1, 0.15) is 5.82 Å². The van der Waals surface area contributed by atoms with Gasteiger partial charge >= 0.3 is 7.12 Å². The first-order chi connectivity index (χ1) is 8.58. The molecule has 0 aliphatic carbocycles. The lowest BCUT2D eigenvalue weighted by Gasteiger charge is -2.02. The molecule has 0 fully saturated rings. The minimum atomic E-state index is -1.67. The van der Waals surface area contributed by atoms with Crippen LogP contribution >= 0.6 is 0 Å². The van der Waals surface area contributed by atoms with Crippen LogP contribution in [-0.2, 0) is 6.42 Å². The maximum Gasteiger partial charge on any atom is 0.506 e. The Hall–Kier alpha value is -1.86. The maximum absolute atomic E-state index is 13.4. The van der Waals surface area contributed by atoms with Crippen LogP contribution in [0.3, 0.4) is 0 Å². The van der Waals surface area contributed by atoms with Crippen LogP contribution in [-0.4, -0.2) is 34.6 Å². The average molecular weight is 248 g/mol. The molecular weight excluding hydrogens is 238 g/mol. The highest BCUT2D eigenvalue weighted by molar-refractivity contribution is 6.59. The number of H-pyrrole nitrogens is 1. The van der Waals surface area contributed by atoms with Gasteiger partial charge in [0.25, 0.3) is 5.91 Å². The molecule has 1 amide bonds. The fraction of sp³-hybridized carbons (Fsp3) is 0.182. The topological polar surface area (TPSA) is 85.3 Å². The van der Waals surface area contributed by atoms with Crippen molar-refractivity contribution in [2.24, 2.45) is 0 Å². The van der Waals surface area contributed by atoms with Gasteiger partial charge < -0.3 is 20.3 Å². The predicted molar refractivity (Wildman–Crippen MR) is 64.1 cm³/mol. The van der Waals surface area contributed by atoms with E-state index in [1.165, 1.54) is 6.07 Å². The first-order valence-electron chi connectivity index (χ1n) is 5.56. The standard InChI is InChI=1S/C11H10BFN2O3/c13-5-3-7-9-6(1-2-14-11(7)16)10(12(17)18)15-8(9)4-5/h3-4,15,17-18H,1-2H2,(H,14,16). The highest BCUT2D eigenvalue weighted by Gasteiger charge is 2.26. The maximum atomic E-state index is 13.4. The van der Waals surface area contributed by atoms with Crippen molar-refractivity contribution in [2.45, 2.75) is 6.42 Å². The smallest absolute Gasteiger partial charge is 0.422 e. The van der Waals surface area contributed by atoms with E-state index in [4.69, 9.17) is 0 Å². The van der Waals surface area contributed by atoms with Crippen molar-refractivity contribution in [3.8, 4) is 0 Å². The number of nitrogens with one attached hydrogen (secondary N) is 2. The number of hydrogen-bond acceptors (Lipinski definition) is 3. The molecule has 92 valence electrons. The molecule has 4 N–H and O–H groups in total. The second kappa shape index (κ2) is 3.83. The van der Waals surface area contributed by atoms with E-state index in [1.807, 2.05) is 0 Å². The van der Waals surface area contributed by atoms with Crippen LogP contribution in [0.4, 0.5) is 4.39 Å². The minimum Gasteiger partial charge on any atom is -0.422 e. The van der Waals surface area contributed by atoms with Gasteiger partial charge in [-0.25, -0.2) is 4.39 Å². The van der Waals surface area contributed by atoms with Gasteiger partial charge in [0.05, 0.1) is 5.56 Å². The van der Waals surface area contributed by atoms with Gasteiger partial charge in [-0.2, -0.15) is 0 Å². The van der Waals surface area contributed by atoms with Crippen LogP contribution in [0.15, 0.2) is 12.1 Å². The van der Waals surface area contributed by atoms with Crippen LogP contribution in [0.25, 0.3) is 10.9 Å². The van der Waals surface area contributed by atoms with Crippen LogP contribution in [0, 0.1) is 5.82 Å². The first-order valence-corrected chi connectivity index (χ1v) is 5.56. The number of aromatic nitrogens is 1. The molecule has 0 unspecified atom stereocenters. The predicted octanol–water partition coefficient (Wildman–Crippen LogP) is -0.727. The van der Waals surface area contributed by atoms with Crippen molar-refractivity contribution in [1.82, 2.24) is 10.3 Å². The molecule has 5 nitrogen and oxygen atoms in total. The van der Waals surface area contributed by atoms with E-state index in [0.717, 1.165) is 6.07 Å². The van der Waals surface area contributed by atoms with Crippen molar-refractivity contribution < 1.29 is 19.2 Å². The third-order valence-electron chi connectivity index (χ3n) is 3.16. The third-order valence-corrected chi connectivity index (χ3v) is 3.16. The summed E-state index contributed by atoms with van der Waals surface area (Å²) in [6, 6.07) is 2.40. The SMILES string of the molecule is O=C1NCCc2c(B(O)O)[nH]c3cc(F)cc1c23. The number of amides is 1. The fourth-order valence-electron chi connectivity index (χ4n) is 2.44. The summed E-state index contributed by atoms with van der Waals surface area (Å²) >= 11 is 0. The highest BCUT2D eigenvalue weighted by atomic mass is 19.1. The molecule has 1 aromatic carbocycles. The number of carbonyl (C=O) groups excluding carboxylic acids is 1. The third kappa shape index (κ3) is 1.52. The molecule has 0 saturated carbocycles. The van der Waals surface area contributed by atoms with Crippen molar-refractivity contribution >= 4 is 29.5 Å². The zero-order valence-electron chi connectivity index (χ0n) is 9.33. The van der Waals surface area contributed by atoms with Gasteiger partial charge in [0, 0.05) is 23.0 Å². The normalized spacial score (nSPS) is 14.5. The van der Waals surface area contributed by atoms with E-state index in [2.05, 4.69) is 10.3 Å². The Bertz CT molecular complexity index is 653. The quantitative estimate of drug-likeness (QED) is 0.502. The van der Waals surface area contributed by atoms with E-state index in [9.17, 15) is 19.2 Å². The van der Waals surface area contributed by atoms with Gasteiger partial charge in [0.15, 0.2) is 0 Å². The summed E-state index contributed by atoms with van der Waals surface area (Å²) in [7, 11) is -1.67. The summed E-state index contributed by atoms with van der Waals surface area (Å²) in [5, 5.41) is 21.8. The second-order valence-corrected chi connectivity index (χ2v) is 4.27. The summed E-state index contributed by atoms with van der Waals surface area (Å²) in [5.74, 6) is -0.891. The summed E-state index contributed by atoms with van der Waals surface area (Å²) in [5.41, 5.74) is 1.49. The lowest BCUT2D eigenvalue weighted by Crippen LogP contribution is -2.34. The molecule has 0 atom stereocenters. The molecule has 1 aliphatic heterocycles. The first kappa shape index (κ1) is 11.2. The Labute approximate surface area is 102 Å². The van der Waals surface area contributed by atoms with E-state index in [0.29, 0.717) is 29.4 Å². The molecule has 0 spiro atoms. The lowest BCUT2D eigenvalue weighted by atomic mass is 9.82. The van der Waals surface area contributed by atoms with Gasteiger partial charge in [-0.3, -0.25) is 4.79 Å². The summed E-state index contributed by atoms with van der Waals surface area (Å²) in [6.45, 7) is 0.377. The Morgan fingerprint density at radius 3 is 2.83 bits per heavy atom. The molecule has 0 radical (unpaired) electrons. The molecule has 3 rings (SSSR count). The molecule has 7 heteroatoms. The van der Waals surface area contributed by atoms with E-state index < -0.39 is 12.9 Å². The van der Waals surface area contributed by atoms with Crippen molar-refractivity contribution in [3.05, 3.63) is 29.1 Å².